The number of aromatic amines is 1. The minimum absolute atomic E-state index is 0.00707. The summed E-state index contributed by atoms with van der Waals surface area (Å²) in [6, 6.07) is 20.7. The lowest BCUT2D eigenvalue weighted by atomic mass is 10.0. The van der Waals surface area contributed by atoms with Gasteiger partial charge in [0.25, 0.3) is 21.5 Å². The Morgan fingerprint density at radius 3 is 2.43 bits per heavy atom. The van der Waals surface area contributed by atoms with Crippen LogP contribution in [0.3, 0.4) is 0 Å². The summed E-state index contributed by atoms with van der Waals surface area (Å²) in [4.78, 5) is 29.3. The Hall–Kier alpha value is -4.39. The average molecular weight is 625 g/mol. The van der Waals surface area contributed by atoms with Gasteiger partial charge in [-0.1, -0.05) is 41.9 Å². The number of halogens is 1. The number of nitrogens with zero attached hydrogens (tertiary/aromatic N) is 1. The maximum absolute atomic E-state index is 14.0. The molecule has 5 rings (SSSR count). The topological polar surface area (TPSA) is 147 Å². The van der Waals surface area contributed by atoms with E-state index in [0.717, 1.165) is 23.4 Å². The van der Waals surface area contributed by atoms with Crippen LogP contribution in [0.25, 0.3) is 22.0 Å². The van der Waals surface area contributed by atoms with E-state index in [1.54, 1.807) is 28.8 Å². The molecule has 0 saturated carbocycles. The quantitative estimate of drug-likeness (QED) is 0.232. The number of carbonyl (C=O) groups is 1. The summed E-state index contributed by atoms with van der Waals surface area (Å²) in [5.74, 6) is -0.990. The number of aryl methyl sites for hydroxylation is 1. The maximum atomic E-state index is 14.0. The molecule has 0 atom stereocenters. The van der Waals surface area contributed by atoms with Crippen molar-refractivity contribution in [2.24, 2.45) is 0 Å². The second-order valence-electron chi connectivity index (χ2n) is 9.65. The summed E-state index contributed by atoms with van der Waals surface area (Å²) in [6.45, 7) is 2.11. The van der Waals surface area contributed by atoms with Gasteiger partial charge >= 0.3 is 0 Å². The van der Waals surface area contributed by atoms with E-state index in [1.807, 2.05) is 31.2 Å². The molecule has 0 saturated heterocycles. The van der Waals surface area contributed by atoms with Crippen molar-refractivity contribution in [3.8, 4) is 11.1 Å². The van der Waals surface area contributed by atoms with Crippen molar-refractivity contribution < 1.29 is 21.6 Å². The molecule has 13 heteroatoms. The van der Waals surface area contributed by atoms with Crippen LogP contribution in [0, 0.1) is 6.92 Å². The van der Waals surface area contributed by atoms with Gasteiger partial charge in [0.2, 0.25) is 10.0 Å². The van der Waals surface area contributed by atoms with Gasteiger partial charge < -0.3 is 9.55 Å². The highest BCUT2D eigenvalue weighted by atomic mass is 35.5. The van der Waals surface area contributed by atoms with Crippen molar-refractivity contribution in [2.45, 2.75) is 18.4 Å². The highest BCUT2D eigenvalue weighted by Crippen LogP contribution is 2.36. The number of aromatic nitrogens is 2. The number of hydrogen-bond acceptors (Lipinski definition) is 6. The molecule has 0 aliphatic heterocycles. The largest absolute Gasteiger partial charge is 0.331 e. The molecule has 0 aliphatic carbocycles. The molecule has 2 aromatic heterocycles. The zero-order chi connectivity index (χ0) is 30.2. The van der Waals surface area contributed by atoms with Crippen LogP contribution < -0.4 is 15.0 Å². The van der Waals surface area contributed by atoms with Gasteiger partial charge in [0.05, 0.1) is 11.2 Å². The van der Waals surface area contributed by atoms with Gasteiger partial charge in [0.1, 0.15) is 5.69 Å². The predicted molar refractivity (Wildman–Crippen MR) is 163 cm³/mol. The fourth-order valence-electron chi connectivity index (χ4n) is 4.75. The molecule has 216 valence electrons. The van der Waals surface area contributed by atoms with Crippen molar-refractivity contribution >= 4 is 54.1 Å². The van der Waals surface area contributed by atoms with E-state index in [-0.39, 0.29) is 33.9 Å². The SMILES string of the molecule is Cc1ccccc1Cn1c(C(=O)NS(=O)(=O)c2cccc(NS(C)(=O)=O)c2)c(-c2ccc[nH]c2=O)c2cc(Cl)ccc21. The molecule has 0 spiro atoms. The number of carbonyl (C=O) groups excluding carboxylic acids is 1. The zero-order valence-electron chi connectivity index (χ0n) is 22.4. The molecule has 10 nitrogen and oxygen atoms in total. The number of pyridine rings is 1. The first-order valence-electron chi connectivity index (χ1n) is 12.5. The molecule has 0 bridgehead atoms. The molecule has 42 heavy (non-hydrogen) atoms. The van der Waals surface area contributed by atoms with Crippen LogP contribution in [0.1, 0.15) is 21.6 Å². The highest BCUT2D eigenvalue weighted by molar-refractivity contribution is 7.92. The van der Waals surface area contributed by atoms with E-state index in [4.69, 9.17) is 11.6 Å². The predicted octanol–water partition coefficient (Wildman–Crippen LogP) is 4.50. The third kappa shape index (κ3) is 5.96. The fraction of sp³-hybridized carbons (Fsp3) is 0.103. The van der Waals surface area contributed by atoms with E-state index >= 15 is 0 Å². The van der Waals surface area contributed by atoms with Crippen LogP contribution >= 0.6 is 11.6 Å². The van der Waals surface area contributed by atoms with E-state index in [0.29, 0.717) is 15.9 Å². The van der Waals surface area contributed by atoms with Gasteiger partial charge in [0.15, 0.2) is 0 Å². The Bertz CT molecular complexity index is 2140. The molecule has 3 aromatic carbocycles. The summed E-state index contributed by atoms with van der Waals surface area (Å²) in [7, 11) is -8.18. The number of anilines is 1. The molecule has 0 fully saturated rings. The number of rotatable bonds is 8. The van der Waals surface area contributed by atoms with Crippen LogP contribution in [0.5, 0.6) is 0 Å². The zero-order valence-corrected chi connectivity index (χ0v) is 24.8. The Labute approximate surface area is 247 Å². The fourth-order valence-corrected chi connectivity index (χ4v) is 6.47. The number of amides is 1. The van der Waals surface area contributed by atoms with E-state index in [9.17, 15) is 26.4 Å². The lowest BCUT2D eigenvalue weighted by molar-refractivity contribution is 0.0974. The van der Waals surface area contributed by atoms with Crippen molar-refractivity contribution in [2.75, 3.05) is 11.0 Å². The van der Waals surface area contributed by atoms with E-state index in [2.05, 4.69) is 14.4 Å². The van der Waals surface area contributed by atoms with Gasteiger partial charge in [-0.25, -0.2) is 21.6 Å². The summed E-state index contributed by atoms with van der Waals surface area (Å²) in [5.41, 5.74) is 2.19. The molecule has 0 unspecified atom stereocenters. The van der Waals surface area contributed by atoms with Crippen LogP contribution in [-0.4, -0.2) is 38.5 Å². The first-order valence-corrected chi connectivity index (χ1v) is 16.3. The summed E-state index contributed by atoms with van der Waals surface area (Å²) >= 11 is 6.35. The number of benzene rings is 3. The molecular formula is C29H25ClN4O6S2. The van der Waals surface area contributed by atoms with Crippen LogP contribution in [-0.2, 0) is 26.6 Å². The summed E-state index contributed by atoms with van der Waals surface area (Å²) in [5, 5.41) is 0.841. The smallest absolute Gasteiger partial charge is 0.282 e. The normalized spacial score (nSPS) is 11.9. The highest BCUT2D eigenvalue weighted by Gasteiger charge is 2.29. The van der Waals surface area contributed by atoms with Gasteiger partial charge in [0, 0.05) is 45.5 Å². The molecule has 0 aliphatic rings. The molecular weight excluding hydrogens is 600 g/mol. The second-order valence-corrected chi connectivity index (χ2v) is 13.5. The number of hydrogen-bond donors (Lipinski definition) is 3. The number of nitrogens with one attached hydrogen (secondary N) is 3. The Morgan fingerprint density at radius 2 is 1.71 bits per heavy atom. The standard InChI is InChI=1S/C29H25ClN4O6S2/c1-18-7-3-4-8-19(18)17-34-25-13-12-20(30)15-24(25)26(23-11-6-14-31-28(23)35)27(34)29(36)33-42(39,40)22-10-5-9-21(16-22)32-41(2,37)38/h3-16,32H,17H2,1-2H3,(H,31,35)(H,33,36). The third-order valence-corrected chi connectivity index (χ3v) is 8.76. The molecule has 3 N–H and O–H groups in total. The van der Waals surface area contributed by atoms with Crippen molar-refractivity contribution in [3.05, 3.63) is 117 Å². The number of sulfonamides is 2. The van der Waals surface area contributed by atoms with Gasteiger partial charge in [-0.3, -0.25) is 14.3 Å². The van der Waals surface area contributed by atoms with Crippen molar-refractivity contribution in [1.82, 2.24) is 14.3 Å². The monoisotopic (exact) mass is 624 g/mol. The van der Waals surface area contributed by atoms with Crippen LogP contribution in [0.15, 0.2) is 94.7 Å². The summed E-state index contributed by atoms with van der Waals surface area (Å²) < 4.78 is 56.2. The lowest BCUT2D eigenvalue weighted by Crippen LogP contribution is -2.33. The Kier molecular flexibility index (Phi) is 7.71. The Balaban J connectivity index is 1.71. The lowest BCUT2D eigenvalue weighted by Gasteiger charge is -2.15. The number of fused-ring (bicyclic) bond motifs is 1. The number of H-pyrrole nitrogens is 1. The first-order chi connectivity index (χ1) is 19.8. The van der Waals surface area contributed by atoms with Gasteiger partial charge in [-0.05, 0) is 66.6 Å². The van der Waals surface area contributed by atoms with Gasteiger partial charge in [-0.15, -0.1) is 0 Å². The Morgan fingerprint density at radius 1 is 0.952 bits per heavy atom. The molecule has 1 amide bonds. The average Bonchev–Trinajstić information content (AvgIpc) is 3.22. The van der Waals surface area contributed by atoms with Crippen molar-refractivity contribution in [1.29, 1.82) is 0 Å². The molecule has 5 aromatic rings. The second kappa shape index (κ2) is 11.1. The van der Waals surface area contributed by atoms with Crippen LogP contribution in [0.2, 0.25) is 5.02 Å². The minimum Gasteiger partial charge on any atom is -0.331 e. The van der Waals surface area contributed by atoms with E-state index < -0.39 is 31.5 Å². The summed E-state index contributed by atoms with van der Waals surface area (Å²) in [6.07, 6.45) is 2.38. The third-order valence-electron chi connectivity index (χ3n) is 6.59. The maximum Gasteiger partial charge on any atom is 0.282 e. The minimum atomic E-state index is -4.50. The molecule has 0 radical (unpaired) electrons. The first kappa shape index (κ1) is 29.1. The van der Waals surface area contributed by atoms with Gasteiger partial charge in [-0.2, -0.15) is 0 Å². The van der Waals surface area contributed by atoms with E-state index in [1.165, 1.54) is 30.5 Å². The van der Waals surface area contributed by atoms with Crippen molar-refractivity contribution in [3.63, 3.8) is 0 Å². The van der Waals surface area contributed by atoms with Crippen LogP contribution in [0.4, 0.5) is 5.69 Å². The molecule has 2 heterocycles.